The number of imidazole rings is 1. The van der Waals surface area contributed by atoms with E-state index in [9.17, 15) is 0 Å². The molecule has 0 aliphatic heterocycles. The van der Waals surface area contributed by atoms with Crippen molar-refractivity contribution in [2.24, 2.45) is 0 Å². The molecule has 0 radical (unpaired) electrons. The van der Waals surface area contributed by atoms with E-state index in [0.29, 0.717) is 12.3 Å². The molecule has 6 heteroatoms. The second-order valence-corrected chi connectivity index (χ2v) is 2.77. The molecule has 0 unspecified atom stereocenters. The molecule has 2 rings (SSSR count). The van der Waals surface area contributed by atoms with Crippen LogP contribution in [-0.2, 0) is 6.54 Å². The standard InChI is InChI=1S/C9H5N5O/c10-3-8-9(4-11)14(6-12-8)5-7-1-2-13-15-7/h1-2,6H,5H2. The summed E-state index contributed by atoms with van der Waals surface area (Å²) in [6.07, 6.45) is 2.95. The molecule has 0 aromatic carbocycles. The van der Waals surface area contributed by atoms with Crippen LogP contribution in [0.3, 0.4) is 0 Å². The van der Waals surface area contributed by atoms with Gasteiger partial charge in [-0.2, -0.15) is 10.5 Å². The predicted molar refractivity (Wildman–Crippen MR) is 47.3 cm³/mol. The largest absolute Gasteiger partial charge is 0.359 e. The molecule has 0 saturated carbocycles. The lowest BCUT2D eigenvalue weighted by Gasteiger charge is -1.98. The van der Waals surface area contributed by atoms with E-state index in [2.05, 4.69) is 10.1 Å². The Morgan fingerprint density at radius 1 is 1.40 bits per heavy atom. The molecule has 6 nitrogen and oxygen atoms in total. The molecular formula is C9H5N5O. The number of hydrogen-bond acceptors (Lipinski definition) is 5. The van der Waals surface area contributed by atoms with Crippen LogP contribution in [0.2, 0.25) is 0 Å². The molecule has 15 heavy (non-hydrogen) atoms. The van der Waals surface area contributed by atoms with Crippen molar-refractivity contribution in [3.05, 3.63) is 35.7 Å². The molecule has 72 valence electrons. The van der Waals surface area contributed by atoms with Crippen LogP contribution in [0, 0.1) is 22.7 Å². The van der Waals surface area contributed by atoms with Gasteiger partial charge in [0.05, 0.1) is 19.1 Å². The molecule has 0 aliphatic rings. The maximum absolute atomic E-state index is 8.84. The lowest BCUT2D eigenvalue weighted by Crippen LogP contribution is -2.00. The second-order valence-electron chi connectivity index (χ2n) is 2.77. The van der Waals surface area contributed by atoms with E-state index < -0.39 is 0 Å². The SMILES string of the molecule is N#Cc1ncn(Cc2ccno2)c1C#N. The van der Waals surface area contributed by atoms with Crippen molar-refractivity contribution >= 4 is 0 Å². The van der Waals surface area contributed by atoms with Gasteiger partial charge in [0.1, 0.15) is 12.1 Å². The van der Waals surface area contributed by atoms with Crippen LogP contribution in [0.15, 0.2) is 23.1 Å². The van der Waals surface area contributed by atoms with Gasteiger partial charge in [0.2, 0.25) is 0 Å². The maximum Gasteiger partial charge on any atom is 0.176 e. The van der Waals surface area contributed by atoms with Crippen LogP contribution in [0.5, 0.6) is 0 Å². The molecular weight excluding hydrogens is 194 g/mol. The summed E-state index contributed by atoms with van der Waals surface area (Å²) in [4.78, 5) is 3.80. The normalized spacial score (nSPS) is 9.47. The van der Waals surface area contributed by atoms with Gasteiger partial charge in [0.25, 0.3) is 0 Å². The van der Waals surface area contributed by atoms with Gasteiger partial charge in [-0.1, -0.05) is 5.16 Å². The first-order chi connectivity index (χ1) is 7.35. The lowest BCUT2D eigenvalue weighted by atomic mass is 10.3. The Morgan fingerprint density at radius 3 is 2.87 bits per heavy atom. The molecule has 0 saturated heterocycles. The highest BCUT2D eigenvalue weighted by molar-refractivity contribution is 5.36. The van der Waals surface area contributed by atoms with E-state index in [1.165, 1.54) is 12.5 Å². The summed E-state index contributed by atoms with van der Waals surface area (Å²) in [5.74, 6) is 0.605. The average Bonchev–Trinajstić information content (AvgIpc) is 2.87. The van der Waals surface area contributed by atoms with Gasteiger partial charge in [0.15, 0.2) is 17.1 Å². The Hall–Kier alpha value is -2.60. The van der Waals surface area contributed by atoms with Crippen molar-refractivity contribution in [3.63, 3.8) is 0 Å². The number of nitriles is 2. The summed E-state index contributed by atoms with van der Waals surface area (Å²) in [6.45, 7) is 0.345. The number of rotatable bonds is 2. The lowest BCUT2D eigenvalue weighted by molar-refractivity contribution is 0.376. The summed E-state index contributed by atoms with van der Waals surface area (Å²) in [6, 6.07) is 5.46. The smallest absolute Gasteiger partial charge is 0.176 e. The highest BCUT2D eigenvalue weighted by Crippen LogP contribution is 2.08. The first-order valence-electron chi connectivity index (χ1n) is 4.10. The summed E-state index contributed by atoms with van der Waals surface area (Å²) in [7, 11) is 0. The van der Waals surface area contributed by atoms with Gasteiger partial charge >= 0.3 is 0 Å². The van der Waals surface area contributed by atoms with Crippen LogP contribution in [0.4, 0.5) is 0 Å². The van der Waals surface area contributed by atoms with Gasteiger partial charge < -0.3 is 9.09 Å². The van der Waals surface area contributed by atoms with Gasteiger partial charge in [-0.3, -0.25) is 0 Å². The fraction of sp³-hybridized carbons (Fsp3) is 0.111. The molecule has 0 bridgehead atoms. The monoisotopic (exact) mass is 199 g/mol. The van der Waals surface area contributed by atoms with Crippen LogP contribution >= 0.6 is 0 Å². The zero-order valence-electron chi connectivity index (χ0n) is 7.58. The molecule has 2 aromatic rings. The van der Waals surface area contributed by atoms with Gasteiger partial charge in [-0.25, -0.2) is 4.98 Å². The molecule has 2 heterocycles. The van der Waals surface area contributed by atoms with Crippen molar-refractivity contribution in [1.82, 2.24) is 14.7 Å². The van der Waals surface area contributed by atoms with E-state index in [4.69, 9.17) is 15.0 Å². The molecule has 0 amide bonds. The van der Waals surface area contributed by atoms with Gasteiger partial charge in [-0.05, 0) is 0 Å². The van der Waals surface area contributed by atoms with E-state index in [0.717, 1.165) is 0 Å². The second kappa shape index (κ2) is 3.64. The minimum Gasteiger partial charge on any atom is -0.359 e. The Balaban J connectivity index is 2.35. The predicted octanol–water partition coefficient (Wildman–Crippen LogP) is 0.663. The highest BCUT2D eigenvalue weighted by atomic mass is 16.5. The fourth-order valence-electron chi connectivity index (χ4n) is 1.19. The van der Waals surface area contributed by atoms with Crippen molar-refractivity contribution in [1.29, 1.82) is 10.5 Å². The van der Waals surface area contributed by atoms with Crippen molar-refractivity contribution in [3.8, 4) is 12.1 Å². The summed E-state index contributed by atoms with van der Waals surface area (Å²) in [5, 5.41) is 21.1. The van der Waals surface area contributed by atoms with Gasteiger partial charge in [0, 0.05) is 6.07 Å². The first kappa shape index (κ1) is 8.97. The van der Waals surface area contributed by atoms with Crippen LogP contribution < -0.4 is 0 Å². The van der Waals surface area contributed by atoms with E-state index >= 15 is 0 Å². The Labute approximate surface area is 85.0 Å². The van der Waals surface area contributed by atoms with Crippen LogP contribution in [0.1, 0.15) is 17.1 Å². The quantitative estimate of drug-likeness (QED) is 0.708. The molecule has 0 N–H and O–H groups in total. The Bertz CT molecular complexity index is 540. The minimum absolute atomic E-state index is 0.122. The topological polar surface area (TPSA) is 91.4 Å². The zero-order valence-corrected chi connectivity index (χ0v) is 7.58. The third-order valence-electron chi connectivity index (χ3n) is 1.87. The van der Waals surface area contributed by atoms with Gasteiger partial charge in [-0.15, -0.1) is 0 Å². The minimum atomic E-state index is 0.122. The summed E-state index contributed by atoms with van der Waals surface area (Å²) >= 11 is 0. The van der Waals surface area contributed by atoms with Crippen molar-refractivity contribution < 1.29 is 4.52 Å². The first-order valence-corrected chi connectivity index (χ1v) is 4.10. The molecule has 0 atom stereocenters. The van der Waals surface area contributed by atoms with E-state index in [1.54, 1.807) is 10.6 Å². The van der Waals surface area contributed by atoms with Crippen molar-refractivity contribution in [2.45, 2.75) is 6.54 Å². The summed E-state index contributed by atoms with van der Waals surface area (Å²) < 4.78 is 6.43. The molecule has 2 aromatic heterocycles. The Morgan fingerprint density at radius 2 is 2.27 bits per heavy atom. The zero-order chi connectivity index (χ0) is 10.7. The van der Waals surface area contributed by atoms with E-state index in [-0.39, 0.29) is 11.4 Å². The molecule has 0 spiro atoms. The molecule has 0 fully saturated rings. The summed E-state index contributed by atoms with van der Waals surface area (Å²) in [5.41, 5.74) is 0.353. The third kappa shape index (κ3) is 1.56. The third-order valence-corrected chi connectivity index (χ3v) is 1.87. The number of hydrogen-bond donors (Lipinski definition) is 0. The van der Waals surface area contributed by atoms with E-state index in [1.807, 2.05) is 12.1 Å². The molecule has 0 aliphatic carbocycles. The average molecular weight is 199 g/mol. The van der Waals surface area contributed by atoms with Crippen molar-refractivity contribution in [2.75, 3.05) is 0 Å². The highest BCUT2D eigenvalue weighted by Gasteiger charge is 2.10. The number of aromatic nitrogens is 3. The Kier molecular flexibility index (Phi) is 2.18. The fourth-order valence-corrected chi connectivity index (χ4v) is 1.19. The van der Waals surface area contributed by atoms with Crippen LogP contribution in [-0.4, -0.2) is 14.7 Å². The maximum atomic E-state index is 8.84. The van der Waals surface area contributed by atoms with Crippen LogP contribution in [0.25, 0.3) is 0 Å². The number of nitrogens with zero attached hydrogens (tertiary/aromatic N) is 5.